The van der Waals surface area contributed by atoms with Gasteiger partial charge >= 0.3 is 11.9 Å². The van der Waals surface area contributed by atoms with Crippen LogP contribution in [0.4, 0.5) is 0 Å². The summed E-state index contributed by atoms with van der Waals surface area (Å²) in [5, 5.41) is 8.53. The molecule has 2 aromatic rings. The van der Waals surface area contributed by atoms with Crippen LogP contribution < -0.4 is 5.73 Å². The van der Waals surface area contributed by atoms with E-state index >= 15 is 0 Å². The van der Waals surface area contributed by atoms with E-state index in [9.17, 15) is 9.59 Å². The van der Waals surface area contributed by atoms with Gasteiger partial charge in [0.25, 0.3) is 0 Å². The van der Waals surface area contributed by atoms with Crippen molar-refractivity contribution in [3.8, 4) is 0 Å². The maximum atomic E-state index is 11.7. The molecule has 0 amide bonds. The van der Waals surface area contributed by atoms with Gasteiger partial charge in [0, 0.05) is 24.3 Å². The number of carbonyl (C=O) groups is 2. The zero-order valence-corrected chi connectivity index (χ0v) is 29.2. The normalized spacial score (nSPS) is 15.0. The highest BCUT2D eigenvalue weighted by Gasteiger charge is 2.29. The molecule has 1 saturated heterocycles. The average molecular weight is 727 g/mol. The first-order valence-corrected chi connectivity index (χ1v) is 17.8. The first-order valence-electron chi connectivity index (χ1n) is 14.0. The fourth-order valence-corrected chi connectivity index (χ4v) is 5.19. The first kappa shape index (κ1) is 36.2. The molecule has 3 N–H and O–H groups in total. The monoisotopic (exact) mass is 726 g/mol. The van der Waals surface area contributed by atoms with Gasteiger partial charge in [0.15, 0.2) is 0 Å². The lowest BCUT2D eigenvalue weighted by molar-refractivity contribution is 0.0591. The summed E-state index contributed by atoms with van der Waals surface area (Å²) in [5.74, 6) is 0.446. The molecule has 7 nitrogen and oxygen atoms in total. The van der Waals surface area contributed by atoms with Gasteiger partial charge in [0.05, 0.1) is 30.4 Å². The molecule has 0 radical (unpaired) electrons. The minimum atomic E-state index is -0.345. The zero-order chi connectivity index (χ0) is 31.4. The van der Waals surface area contributed by atoms with Crippen LogP contribution in [0.2, 0.25) is 0 Å². The lowest BCUT2D eigenvalue weighted by Crippen LogP contribution is -2.15. The van der Waals surface area contributed by atoms with Crippen molar-refractivity contribution < 1.29 is 23.8 Å². The minimum Gasteiger partial charge on any atom is -0.465 e. The Morgan fingerprint density at radius 2 is 1.26 bits per heavy atom. The summed E-state index contributed by atoms with van der Waals surface area (Å²) in [6, 6.07) is 7.63. The number of thiocarbonyl (C=S) groups is 1. The number of halogens is 1. The number of hydrogen-bond acceptors (Lipinski definition) is 8. The van der Waals surface area contributed by atoms with Gasteiger partial charge in [-0.1, -0.05) is 46.9 Å². The number of nitrogens with two attached hydrogens (primary N) is 1. The maximum Gasteiger partial charge on any atom is 0.338 e. The Labute approximate surface area is 273 Å². The quantitative estimate of drug-likeness (QED) is 0.0787. The largest absolute Gasteiger partial charge is 0.465 e. The van der Waals surface area contributed by atoms with Crippen LogP contribution in [0, 0.1) is 19.3 Å². The molecule has 3 aliphatic rings. The Morgan fingerprint density at radius 1 is 0.857 bits per heavy atom. The number of carbonyl (C=O) groups excluding carboxylic acids is 2. The second-order valence-electron chi connectivity index (χ2n) is 10.3. The molecule has 2 aliphatic carbocycles. The highest BCUT2D eigenvalue weighted by molar-refractivity contribution is 14.1. The Balaban J connectivity index is 0.000000240. The van der Waals surface area contributed by atoms with Crippen LogP contribution in [0.5, 0.6) is 0 Å². The molecular formula is C32H43IN2O5S2. The Kier molecular flexibility index (Phi) is 15.5. The van der Waals surface area contributed by atoms with Crippen molar-refractivity contribution in [3.63, 3.8) is 0 Å². The standard InChI is InChI=1S/C14H17NO2S.C13H15NO2S.C4H8O.CH3I/c1-8-6-11(9-4-5-9)12(13(15)18-3)7-10(8)14(16)17-2;1-7-5-10(8-3-4-8)11(12(14)17)6-9(7)13(15)16-2;1-2-4-5-3-1;1-2/h6-7,9,15H,4-5H2,1-3H3;5-6,8H,3-4H2,1-2H3,(H2,14,17);1-4H2;1H3. The summed E-state index contributed by atoms with van der Waals surface area (Å²) < 4.78 is 14.5. The van der Waals surface area contributed by atoms with Crippen molar-refractivity contribution in [1.29, 1.82) is 5.41 Å². The van der Waals surface area contributed by atoms with Crippen molar-refractivity contribution in [2.45, 2.75) is 64.2 Å². The summed E-state index contributed by atoms with van der Waals surface area (Å²) >= 11 is 8.60. The fourth-order valence-electron chi connectivity index (χ4n) is 4.61. The van der Waals surface area contributed by atoms with E-state index < -0.39 is 0 Å². The van der Waals surface area contributed by atoms with Gasteiger partial charge < -0.3 is 19.9 Å². The first-order chi connectivity index (χ1) is 20.1. The molecule has 2 saturated carbocycles. The van der Waals surface area contributed by atoms with Gasteiger partial charge in [-0.15, -0.1) is 11.8 Å². The third-order valence-corrected chi connectivity index (χ3v) is 8.03. The molecule has 0 spiro atoms. The fraction of sp³-hybridized carbons (Fsp3) is 0.500. The number of rotatable bonds is 6. The third kappa shape index (κ3) is 10.3. The van der Waals surface area contributed by atoms with Crippen molar-refractivity contribution in [1.82, 2.24) is 0 Å². The predicted octanol–water partition coefficient (Wildman–Crippen LogP) is 7.49. The van der Waals surface area contributed by atoms with Crippen LogP contribution in [0.1, 0.15) is 104 Å². The van der Waals surface area contributed by atoms with Gasteiger partial charge in [0.1, 0.15) is 4.99 Å². The van der Waals surface area contributed by atoms with E-state index in [1.165, 1.54) is 75.6 Å². The molecular weight excluding hydrogens is 683 g/mol. The highest BCUT2D eigenvalue weighted by Crippen LogP contribution is 2.43. The lowest BCUT2D eigenvalue weighted by Gasteiger charge is -2.13. The molecule has 1 heterocycles. The van der Waals surface area contributed by atoms with Crippen LogP contribution >= 0.6 is 46.6 Å². The number of alkyl halides is 1. The van der Waals surface area contributed by atoms with E-state index in [1.54, 1.807) is 6.07 Å². The smallest absolute Gasteiger partial charge is 0.338 e. The number of hydrogen-bond donors (Lipinski definition) is 2. The van der Waals surface area contributed by atoms with Gasteiger partial charge in [-0.25, -0.2) is 9.59 Å². The van der Waals surface area contributed by atoms with Crippen LogP contribution in [-0.2, 0) is 14.2 Å². The number of nitrogens with one attached hydrogen (secondary N) is 1. The molecule has 0 bridgehead atoms. The number of esters is 2. The molecule has 42 heavy (non-hydrogen) atoms. The lowest BCUT2D eigenvalue weighted by atomic mass is 9.96. The SMILES string of the molecule is C1CCOC1.CI.COC(=O)c1cc(C(=N)SC)c(C2CC2)cc1C.COC(=O)c1cc(C(N)=S)c(C2CC2)cc1C. The average Bonchev–Trinajstić information content (AvgIpc) is 3.95. The summed E-state index contributed by atoms with van der Waals surface area (Å²) in [4.78, 5) is 25.6. The zero-order valence-electron chi connectivity index (χ0n) is 25.4. The predicted molar refractivity (Wildman–Crippen MR) is 185 cm³/mol. The second-order valence-corrected chi connectivity index (χ2v) is 11.5. The van der Waals surface area contributed by atoms with Crippen molar-refractivity contribution in [2.75, 3.05) is 38.6 Å². The summed E-state index contributed by atoms with van der Waals surface area (Å²) in [6.07, 6.45) is 9.16. The maximum absolute atomic E-state index is 11.7. The van der Waals surface area contributed by atoms with Crippen LogP contribution in [0.25, 0.3) is 0 Å². The molecule has 5 rings (SSSR count). The number of ether oxygens (including phenoxy) is 3. The van der Waals surface area contributed by atoms with Crippen LogP contribution in [0.3, 0.4) is 0 Å². The van der Waals surface area contributed by atoms with Crippen LogP contribution in [-0.4, -0.2) is 60.6 Å². The van der Waals surface area contributed by atoms with Crippen LogP contribution in [0.15, 0.2) is 24.3 Å². The number of methoxy groups -OCH3 is 2. The molecule has 0 aromatic heterocycles. The Bertz CT molecular complexity index is 1260. The number of aryl methyl sites for hydroxylation is 2. The Morgan fingerprint density at radius 3 is 1.57 bits per heavy atom. The summed E-state index contributed by atoms with van der Waals surface area (Å²) in [5.41, 5.74) is 12.7. The van der Waals surface area contributed by atoms with Gasteiger partial charge in [-0.05, 0) is 110 Å². The van der Waals surface area contributed by atoms with Crippen molar-refractivity contribution in [3.05, 3.63) is 68.8 Å². The van der Waals surface area contributed by atoms with Gasteiger partial charge in [-0.3, -0.25) is 5.41 Å². The third-order valence-electron chi connectivity index (χ3n) is 7.18. The van der Waals surface area contributed by atoms with Crippen molar-refractivity contribution >= 4 is 68.5 Å². The summed E-state index contributed by atoms with van der Waals surface area (Å²) in [6.45, 7) is 5.83. The van der Waals surface area contributed by atoms with E-state index in [0.717, 1.165) is 35.5 Å². The van der Waals surface area contributed by atoms with E-state index in [-0.39, 0.29) is 11.9 Å². The highest BCUT2D eigenvalue weighted by atomic mass is 127. The van der Waals surface area contributed by atoms with E-state index in [0.29, 0.717) is 33.0 Å². The molecule has 10 heteroatoms. The molecule has 230 valence electrons. The molecule has 0 atom stereocenters. The molecule has 0 unspecified atom stereocenters. The van der Waals surface area contributed by atoms with E-state index in [4.69, 9.17) is 37.6 Å². The number of thioether (sulfide) groups is 1. The molecule has 1 aliphatic heterocycles. The number of benzene rings is 2. The van der Waals surface area contributed by atoms with Crippen molar-refractivity contribution in [2.24, 2.45) is 5.73 Å². The summed E-state index contributed by atoms with van der Waals surface area (Å²) in [7, 11) is 2.76. The van der Waals surface area contributed by atoms with E-state index in [1.807, 2.05) is 43.2 Å². The molecule has 2 aromatic carbocycles. The molecule has 3 fully saturated rings. The van der Waals surface area contributed by atoms with E-state index in [2.05, 4.69) is 22.6 Å². The Hall–Kier alpha value is -2.02. The topological polar surface area (TPSA) is 112 Å². The minimum absolute atomic E-state index is 0.329. The van der Waals surface area contributed by atoms with Gasteiger partial charge in [0.2, 0.25) is 0 Å². The van der Waals surface area contributed by atoms with Gasteiger partial charge in [-0.2, -0.15) is 0 Å². The second kappa shape index (κ2) is 17.9.